The Bertz CT molecular complexity index is 1270. The number of benzene rings is 3. The molecule has 0 saturated heterocycles. The first kappa shape index (κ1) is 19.3. The molecule has 1 fully saturated rings. The zero-order chi connectivity index (χ0) is 21.7. The van der Waals surface area contributed by atoms with Crippen LogP contribution in [0, 0.1) is 22.7 Å². The Hall–Kier alpha value is -3.37. The quantitative estimate of drug-likeness (QED) is 0.421. The third kappa shape index (κ3) is 2.76. The van der Waals surface area contributed by atoms with Gasteiger partial charge >= 0.3 is 0 Å². The van der Waals surface area contributed by atoms with Gasteiger partial charge in [-0.3, -0.25) is 0 Å². The third-order valence-electron chi connectivity index (χ3n) is 8.02. The van der Waals surface area contributed by atoms with Gasteiger partial charge in [0, 0.05) is 11.8 Å². The summed E-state index contributed by atoms with van der Waals surface area (Å²) in [4.78, 5) is 0. The van der Waals surface area contributed by atoms with Gasteiger partial charge in [-0.15, -0.1) is 0 Å². The van der Waals surface area contributed by atoms with Gasteiger partial charge < -0.3 is 0 Å². The number of hydrogen-bond donors (Lipinski definition) is 0. The Morgan fingerprint density at radius 3 is 2.31 bits per heavy atom. The van der Waals surface area contributed by atoms with E-state index in [1.54, 1.807) is 0 Å². The predicted octanol–water partition coefficient (Wildman–Crippen LogP) is 7.75. The lowest BCUT2D eigenvalue weighted by Crippen LogP contribution is -2.24. The van der Waals surface area contributed by atoms with Crippen LogP contribution in [0.3, 0.4) is 0 Å². The van der Waals surface area contributed by atoms with Gasteiger partial charge in [-0.25, -0.2) is 0 Å². The van der Waals surface area contributed by atoms with Crippen molar-refractivity contribution >= 4 is 11.1 Å². The van der Waals surface area contributed by atoms with E-state index >= 15 is 0 Å². The van der Waals surface area contributed by atoms with Crippen LogP contribution in [0.4, 0.5) is 0 Å². The summed E-state index contributed by atoms with van der Waals surface area (Å²) in [5.74, 6) is 1.04. The molecule has 32 heavy (non-hydrogen) atoms. The molecule has 0 amide bonds. The topological polar surface area (TPSA) is 23.8 Å². The molecule has 0 spiro atoms. The number of rotatable bonds is 2. The minimum atomic E-state index is -0.309. The Kier molecular flexibility index (Phi) is 4.44. The molecular formula is C31H27N. The van der Waals surface area contributed by atoms with Crippen molar-refractivity contribution in [1.29, 1.82) is 5.26 Å². The lowest BCUT2D eigenvalue weighted by atomic mass is 9.71. The number of allylic oxidation sites excluding steroid dienone is 4. The number of nitrogens with zero attached hydrogens (tertiary/aromatic N) is 1. The molecule has 6 rings (SSSR count). The summed E-state index contributed by atoms with van der Waals surface area (Å²) < 4.78 is 0. The maximum atomic E-state index is 10.5. The highest BCUT2D eigenvalue weighted by Crippen LogP contribution is 2.63. The number of hydrogen-bond acceptors (Lipinski definition) is 1. The van der Waals surface area contributed by atoms with Crippen LogP contribution in [0.25, 0.3) is 11.1 Å². The summed E-state index contributed by atoms with van der Waals surface area (Å²) in [5.41, 5.74) is 9.13. The Morgan fingerprint density at radius 1 is 0.875 bits per heavy atom. The fourth-order valence-corrected chi connectivity index (χ4v) is 6.68. The highest BCUT2D eigenvalue weighted by Gasteiger charge is 2.52. The molecule has 1 heteroatoms. The largest absolute Gasteiger partial charge is 0.198 e. The molecule has 2 unspecified atom stereocenters. The molecule has 0 aliphatic heterocycles. The van der Waals surface area contributed by atoms with Crippen molar-refractivity contribution in [2.45, 2.75) is 38.0 Å². The van der Waals surface area contributed by atoms with Crippen LogP contribution in [-0.2, 0) is 0 Å². The molecule has 0 radical (unpaired) electrons. The Balaban J connectivity index is 1.68. The molecule has 0 N–H and O–H groups in total. The van der Waals surface area contributed by atoms with Gasteiger partial charge in [0.2, 0.25) is 0 Å². The molecule has 4 atom stereocenters. The van der Waals surface area contributed by atoms with Gasteiger partial charge in [0.25, 0.3) is 0 Å². The Morgan fingerprint density at radius 2 is 1.56 bits per heavy atom. The lowest BCUT2D eigenvalue weighted by Gasteiger charge is -2.30. The van der Waals surface area contributed by atoms with E-state index < -0.39 is 0 Å². The van der Waals surface area contributed by atoms with E-state index in [2.05, 4.69) is 104 Å². The van der Waals surface area contributed by atoms with E-state index in [1.165, 1.54) is 39.0 Å². The van der Waals surface area contributed by atoms with Crippen molar-refractivity contribution in [2.24, 2.45) is 11.3 Å². The van der Waals surface area contributed by atoms with Crippen molar-refractivity contribution in [3.8, 4) is 6.07 Å². The van der Waals surface area contributed by atoms with Crippen LogP contribution in [-0.4, -0.2) is 0 Å². The van der Waals surface area contributed by atoms with Gasteiger partial charge in [-0.2, -0.15) is 5.26 Å². The van der Waals surface area contributed by atoms with Gasteiger partial charge in [-0.1, -0.05) is 97.9 Å². The van der Waals surface area contributed by atoms with Crippen LogP contribution < -0.4 is 0 Å². The first-order chi connectivity index (χ1) is 15.7. The monoisotopic (exact) mass is 413 g/mol. The fraction of sp³-hybridized carbons (Fsp3) is 0.258. The maximum Gasteiger partial charge on any atom is 0.0699 e. The van der Waals surface area contributed by atoms with Crippen LogP contribution in [0.2, 0.25) is 0 Å². The van der Waals surface area contributed by atoms with Crippen molar-refractivity contribution in [1.82, 2.24) is 0 Å². The summed E-state index contributed by atoms with van der Waals surface area (Å²) in [7, 11) is 0. The molecular weight excluding hydrogens is 386 g/mol. The van der Waals surface area contributed by atoms with E-state index in [0.29, 0.717) is 11.8 Å². The molecule has 3 aliphatic carbocycles. The summed E-state index contributed by atoms with van der Waals surface area (Å²) in [6.45, 7) is 2.34. The normalized spacial score (nSPS) is 28.2. The molecule has 156 valence electrons. The van der Waals surface area contributed by atoms with E-state index in [1.807, 2.05) is 0 Å². The average Bonchev–Trinajstić information content (AvgIpc) is 3.35. The molecule has 0 heterocycles. The van der Waals surface area contributed by atoms with Crippen molar-refractivity contribution < 1.29 is 0 Å². The van der Waals surface area contributed by atoms with Gasteiger partial charge in [0.15, 0.2) is 0 Å². The van der Waals surface area contributed by atoms with Gasteiger partial charge in [0.05, 0.1) is 11.5 Å². The number of fused-ring (bicyclic) bond motifs is 5. The van der Waals surface area contributed by atoms with E-state index in [0.717, 1.165) is 19.3 Å². The summed E-state index contributed by atoms with van der Waals surface area (Å²) >= 11 is 0. The lowest BCUT2D eigenvalue weighted by molar-refractivity contribution is 0.335. The SMILES string of the molecule is CC1CC[C@@]2(C#N)CC3=CC(c4ccccc4)C(c4ccccc4)=C3c3ccccc3[C@@H]12. The van der Waals surface area contributed by atoms with E-state index in [4.69, 9.17) is 0 Å². The molecule has 3 aromatic carbocycles. The molecule has 1 saturated carbocycles. The standard InChI is InChI=1S/C31H27N/c1-21-16-17-31(20-32)19-24-18-27(22-10-4-2-5-11-22)28(23-12-6-3-7-13-23)29(24)25-14-8-9-15-26(25)30(21)31/h2-15,18,21,27,30H,16-17,19H2,1H3/t21?,27?,30-,31+/m1/s1. The summed E-state index contributed by atoms with van der Waals surface area (Å²) in [5, 5.41) is 10.5. The molecule has 0 aromatic heterocycles. The first-order valence-corrected chi connectivity index (χ1v) is 11.8. The Labute approximate surface area is 190 Å². The fourth-order valence-electron chi connectivity index (χ4n) is 6.68. The predicted molar refractivity (Wildman–Crippen MR) is 131 cm³/mol. The number of nitriles is 1. The van der Waals surface area contributed by atoms with Gasteiger partial charge in [-0.05, 0) is 64.2 Å². The summed E-state index contributed by atoms with van der Waals surface area (Å²) in [6.07, 6.45) is 5.44. The second kappa shape index (κ2) is 7.35. The van der Waals surface area contributed by atoms with Crippen LogP contribution in [0.5, 0.6) is 0 Å². The van der Waals surface area contributed by atoms with Gasteiger partial charge in [0.1, 0.15) is 0 Å². The molecule has 0 bridgehead atoms. The minimum absolute atomic E-state index is 0.211. The summed E-state index contributed by atoms with van der Waals surface area (Å²) in [6, 6.07) is 33.5. The average molecular weight is 414 g/mol. The molecule has 3 aromatic rings. The van der Waals surface area contributed by atoms with Crippen molar-refractivity contribution in [2.75, 3.05) is 0 Å². The first-order valence-electron chi connectivity index (χ1n) is 11.8. The third-order valence-corrected chi connectivity index (χ3v) is 8.02. The van der Waals surface area contributed by atoms with Crippen molar-refractivity contribution in [3.05, 3.63) is 119 Å². The van der Waals surface area contributed by atoms with E-state index in [9.17, 15) is 5.26 Å². The zero-order valence-electron chi connectivity index (χ0n) is 18.5. The van der Waals surface area contributed by atoms with Crippen LogP contribution in [0.15, 0.2) is 96.6 Å². The maximum absolute atomic E-state index is 10.5. The second-order valence-electron chi connectivity index (χ2n) is 9.76. The van der Waals surface area contributed by atoms with E-state index in [-0.39, 0.29) is 11.3 Å². The molecule has 3 aliphatic rings. The highest BCUT2D eigenvalue weighted by atomic mass is 14.6. The minimum Gasteiger partial charge on any atom is -0.198 e. The molecule has 1 nitrogen and oxygen atoms in total. The van der Waals surface area contributed by atoms with Crippen LogP contribution >= 0.6 is 0 Å². The highest BCUT2D eigenvalue weighted by molar-refractivity contribution is 6.05. The smallest absolute Gasteiger partial charge is 0.0699 e. The van der Waals surface area contributed by atoms with Crippen molar-refractivity contribution in [3.63, 3.8) is 0 Å². The second-order valence-corrected chi connectivity index (χ2v) is 9.76. The van der Waals surface area contributed by atoms with Crippen LogP contribution in [0.1, 0.15) is 60.3 Å². The zero-order valence-corrected chi connectivity index (χ0v) is 18.5.